The number of rotatable bonds is 5. The number of nitrogens with one attached hydrogen (secondary N) is 1. The summed E-state index contributed by atoms with van der Waals surface area (Å²) in [7, 11) is 0. The van der Waals surface area contributed by atoms with Gasteiger partial charge in [0.1, 0.15) is 17.4 Å². The molecule has 0 saturated heterocycles. The van der Waals surface area contributed by atoms with Gasteiger partial charge in [0.05, 0.1) is 6.20 Å². The van der Waals surface area contributed by atoms with Gasteiger partial charge in [0, 0.05) is 12.0 Å². The number of hydrogen-bond donors (Lipinski definition) is 1. The summed E-state index contributed by atoms with van der Waals surface area (Å²) in [6, 6.07) is 9.72. The van der Waals surface area contributed by atoms with Crippen LogP contribution in [0.3, 0.4) is 0 Å². The molecule has 3 nitrogen and oxygen atoms in total. The van der Waals surface area contributed by atoms with Gasteiger partial charge in [-0.2, -0.15) is 8.78 Å². The van der Waals surface area contributed by atoms with Crippen LogP contribution in [0.15, 0.2) is 42.6 Å². The summed E-state index contributed by atoms with van der Waals surface area (Å²) in [4.78, 5) is 4.01. The van der Waals surface area contributed by atoms with Crippen LogP contribution in [0, 0.1) is 5.82 Å². The Bertz CT molecular complexity index is 619. The summed E-state index contributed by atoms with van der Waals surface area (Å²) < 4.78 is 41.4. The van der Waals surface area contributed by atoms with E-state index < -0.39 is 6.61 Å². The van der Waals surface area contributed by atoms with E-state index in [9.17, 15) is 13.2 Å². The summed E-state index contributed by atoms with van der Waals surface area (Å²) in [6.07, 6.45) is 2.13. The molecule has 1 fully saturated rings. The lowest BCUT2D eigenvalue weighted by Gasteiger charge is -2.07. The third-order valence-corrected chi connectivity index (χ3v) is 3.36. The average molecular weight is 294 g/mol. The molecule has 2 atom stereocenters. The van der Waals surface area contributed by atoms with Crippen LogP contribution in [0.25, 0.3) is 0 Å². The number of anilines is 1. The maximum absolute atomic E-state index is 13.1. The maximum atomic E-state index is 13.1. The molecule has 0 radical (unpaired) electrons. The van der Waals surface area contributed by atoms with Crippen molar-refractivity contribution in [3.8, 4) is 5.75 Å². The molecule has 1 aliphatic carbocycles. The van der Waals surface area contributed by atoms with Gasteiger partial charge in [-0.3, -0.25) is 0 Å². The van der Waals surface area contributed by atoms with E-state index in [4.69, 9.17) is 0 Å². The first-order valence-electron chi connectivity index (χ1n) is 6.54. The van der Waals surface area contributed by atoms with Crippen molar-refractivity contribution in [3.63, 3.8) is 0 Å². The number of pyridine rings is 1. The molecule has 0 bridgehead atoms. The normalized spacial score (nSPS) is 20.4. The number of benzene rings is 1. The molecule has 21 heavy (non-hydrogen) atoms. The minimum absolute atomic E-state index is 0.0213. The molecular weight excluding hydrogens is 281 g/mol. The molecule has 1 heterocycles. The lowest BCUT2D eigenvalue weighted by atomic mass is 10.1. The Morgan fingerprint density at radius 3 is 2.76 bits per heavy atom. The summed E-state index contributed by atoms with van der Waals surface area (Å²) >= 11 is 0. The van der Waals surface area contributed by atoms with Crippen LogP contribution < -0.4 is 10.1 Å². The van der Waals surface area contributed by atoms with Gasteiger partial charge >= 0.3 is 6.61 Å². The van der Waals surface area contributed by atoms with Crippen molar-refractivity contribution in [2.24, 2.45) is 0 Å². The van der Waals surface area contributed by atoms with Crippen LogP contribution in [0.1, 0.15) is 17.9 Å². The summed E-state index contributed by atoms with van der Waals surface area (Å²) in [5.41, 5.74) is 0.949. The monoisotopic (exact) mass is 294 g/mol. The van der Waals surface area contributed by atoms with Crippen LogP contribution in [-0.4, -0.2) is 17.6 Å². The van der Waals surface area contributed by atoms with Crippen LogP contribution in [-0.2, 0) is 0 Å². The van der Waals surface area contributed by atoms with E-state index in [-0.39, 0.29) is 23.5 Å². The molecule has 2 aromatic rings. The van der Waals surface area contributed by atoms with Crippen molar-refractivity contribution in [2.75, 3.05) is 5.32 Å². The largest absolute Gasteiger partial charge is 0.433 e. The van der Waals surface area contributed by atoms with E-state index in [1.165, 1.54) is 24.4 Å². The molecule has 0 aliphatic heterocycles. The van der Waals surface area contributed by atoms with Gasteiger partial charge in [-0.15, -0.1) is 0 Å². The highest BCUT2D eigenvalue weighted by molar-refractivity contribution is 5.43. The first-order valence-corrected chi connectivity index (χ1v) is 6.54. The number of hydrogen-bond acceptors (Lipinski definition) is 3. The predicted molar refractivity (Wildman–Crippen MR) is 72.0 cm³/mol. The minimum atomic E-state index is -2.86. The first-order chi connectivity index (χ1) is 10.1. The molecule has 0 spiro atoms. The van der Waals surface area contributed by atoms with E-state index in [1.807, 2.05) is 6.07 Å². The van der Waals surface area contributed by atoms with E-state index in [0.717, 1.165) is 12.0 Å². The molecule has 110 valence electrons. The van der Waals surface area contributed by atoms with Crippen molar-refractivity contribution in [2.45, 2.75) is 25.0 Å². The number of ether oxygens (including phenoxy) is 1. The Balaban J connectivity index is 1.59. The molecule has 1 aromatic carbocycles. The Morgan fingerprint density at radius 1 is 1.24 bits per heavy atom. The maximum Gasteiger partial charge on any atom is 0.387 e. The van der Waals surface area contributed by atoms with Gasteiger partial charge in [0.15, 0.2) is 0 Å². The fourth-order valence-electron chi connectivity index (χ4n) is 2.29. The topological polar surface area (TPSA) is 34.1 Å². The zero-order valence-corrected chi connectivity index (χ0v) is 11.0. The molecule has 1 N–H and O–H groups in total. The minimum Gasteiger partial charge on any atom is -0.433 e. The lowest BCUT2D eigenvalue weighted by molar-refractivity contribution is -0.0500. The molecule has 6 heteroatoms. The molecule has 3 rings (SSSR count). The second-order valence-electron chi connectivity index (χ2n) is 4.91. The van der Waals surface area contributed by atoms with Crippen molar-refractivity contribution in [1.82, 2.24) is 4.98 Å². The van der Waals surface area contributed by atoms with Crippen LogP contribution in [0.2, 0.25) is 0 Å². The highest BCUT2D eigenvalue weighted by atomic mass is 19.3. The zero-order valence-electron chi connectivity index (χ0n) is 11.0. The molecule has 1 aliphatic rings. The highest BCUT2D eigenvalue weighted by Crippen LogP contribution is 2.42. The van der Waals surface area contributed by atoms with Crippen molar-refractivity contribution in [1.29, 1.82) is 0 Å². The Morgan fingerprint density at radius 2 is 2.10 bits per heavy atom. The lowest BCUT2D eigenvalue weighted by Crippen LogP contribution is -2.07. The Labute approximate surface area is 119 Å². The molecule has 1 aromatic heterocycles. The standard InChI is InChI=1S/C15H13F3N2O/c16-10-3-1-2-9(6-10)12-7-13(12)20-14-5-4-11(8-19-14)21-15(17)18/h1-6,8,12-13,15H,7H2,(H,19,20)/t12-,13+/m0/s1. The molecule has 0 unspecified atom stereocenters. The second-order valence-corrected chi connectivity index (χ2v) is 4.91. The quantitative estimate of drug-likeness (QED) is 0.911. The number of alkyl halides is 2. The number of nitrogens with zero attached hydrogens (tertiary/aromatic N) is 1. The SMILES string of the molecule is Fc1cccc([C@@H]2C[C@H]2Nc2ccc(OC(F)F)cn2)c1. The van der Waals surface area contributed by atoms with Crippen molar-refractivity contribution >= 4 is 5.82 Å². The van der Waals surface area contributed by atoms with Gasteiger partial charge in [0.2, 0.25) is 0 Å². The fraction of sp³-hybridized carbons (Fsp3) is 0.267. The molecule has 1 saturated carbocycles. The zero-order chi connectivity index (χ0) is 14.8. The van der Waals surface area contributed by atoms with Gasteiger partial charge in [0.25, 0.3) is 0 Å². The number of aromatic nitrogens is 1. The summed E-state index contributed by atoms with van der Waals surface area (Å²) in [5.74, 6) is 0.609. The van der Waals surface area contributed by atoms with Crippen LogP contribution >= 0.6 is 0 Å². The Hall–Kier alpha value is -2.24. The van der Waals surface area contributed by atoms with E-state index in [0.29, 0.717) is 5.82 Å². The highest BCUT2D eigenvalue weighted by Gasteiger charge is 2.38. The number of halogens is 3. The third-order valence-electron chi connectivity index (χ3n) is 3.36. The van der Waals surface area contributed by atoms with Gasteiger partial charge < -0.3 is 10.1 Å². The Kier molecular flexibility index (Phi) is 3.68. The van der Waals surface area contributed by atoms with Crippen LogP contribution in [0.5, 0.6) is 5.75 Å². The third kappa shape index (κ3) is 3.45. The average Bonchev–Trinajstić information content (AvgIpc) is 3.20. The fourth-order valence-corrected chi connectivity index (χ4v) is 2.29. The van der Waals surface area contributed by atoms with E-state index in [2.05, 4.69) is 15.0 Å². The first kappa shape index (κ1) is 13.7. The van der Waals surface area contributed by atoms with Gasteiger partial charge in [-0.1, -0.05) is 12.1 Å². The van der Waals surface area contributed by atoms with E-state index in [1.54, 1.807) is 12.1 Å². The smallest absolute Gasteiger partial charge is 0.387 e. The second kappa shape index (κ2) is 5.63. The summed E-state index contributed by atoms with van der Waals surface area (Å²) in [6.45, 7) is -2.86. The molecular formula is C15H13F3N2O. The van der Waals surface area contributed by atoms with Crippen molar-refractivity contribution < 1.29 is 17.9 Å². The van der Waals surface area contributed by atoms with Crippen molar-refractivity contribution in [3.05, 3.63) is 54.0 Å². The summed E-state index contributed by atoms with van der Waals surface area (Å²) in [5, 5.41) is 3.19. The van der Waals surface area contributed by atoms with E-state index >= 15 is 0 Å². The molecule has 0 amide bonds. The van der Waals surface area contributed by atoms with Crippen LogP contribution in [0.4, 0.5) is 19.0 Å². The predicted octanol–water partition coefficient (Wildman–Crippen LogP) is 3.79. The van der Waals surface area contributed by atoms with Gasteiger partial charge in [-0.05, 0) is 36.2 Å². The van der Waals surface area contributed by atoms with Gasteiger partial charge in [-0.25, -0.2) is 9.37 Å².